The van der Waals surface area contributed by atoms with Gasteiger partial charge in [0.15, 0.2) is 0 Å². The molecule has 4 heteroatoms. The van der Waals surface area contributed by atoms with Gasteiger partial charge in [0, 0.05) is 16.8 Å². The number of hydrogen-bond donors (Lipinski definition) is 4. The van der Waals surface area contributed by atoms with Crippen molar-refractivity contribution in [2.24, 2.45) is 11.1 Å². The van der Waals surface area contributed by atoms with E-state index in [0.717, 1.165) is 5.69 Å². The van der Waals surface area contributed by atoms with Gasteiger partial charge in [-0.05, 0) is 30.3 Å². The van der Waals surface area contributed by atoms with Crippen molar-refractivity contribution < 1.29 is 5.11 Å². The second-order valence-electron chi connectivity index (χ2n) is 4.94. The highest BCUT2D eigenvalue weighted by molar-refractivity contribution is 5.97. The average molecular weight is 233 g/mol. The summed E-state index contributed by atoms with van der Waals surface area (Å²) in [4.78, 5) is 0. The Kier molecular flexibility index (Phi) is 3.78. The Morgan fingerprint density at radius 3 is 2.29 bits per heavy atom. The topological polar surface area (TPSA) is 82.1 Å². The van der Waals surface area contributed by atoms with Gasteiger partial charge in [0.2, 0.25) is 0 Å². The number of nitrogens with one attached hydrogen (secondary N) is 2. The molecule has 0 aliphatic carbocycles. The smallest absolute Gasteiger partial charge is 0.115 e. The Morgan fingerprint density at radius 2 is 1.82 bits per heavy atom. The van der Waals surface area contributed by atoms with Crippen LogP contribution in [0.3, 0.4) is 0 Å². The summed E-state index contributed by atoms with van der Waals surface area (Å²) >= 11 is 0. The molecule has 0 amide bonds. The summed E-state index contributed by atoms with van der Waals surface area (Å²) in [6.45, 7) is 5.87. The van der Waals surface area contributed by atoms with Crippen molar-refractivity contribution in [3.8, 4) is 5.75 Å². The molecule has 0 radical (unpaired) electrons. The first-order valence-corrected chi connectivity index (χ1v) is 5.41. The molecule has 4 nitrogen and oxygen atoms in total. The van der Waals surface area contributed by atoms with E-state index in [-0.39, 0.29) is 11.2 Å². The van der Waals surface area contributed by atoms with Crippen molar-refractivity contribution in [2.75, 3.05) is 5.32 Å². The van der Waals surface area contributed by atoms with Gasteiger partial charge < -0.3 is 21.6 Å². The van der Waals surface area contributed by atoms with E-state index < -0.39 is 0 Å². The highest BCUT2D eigenvalue weighted by Crippen LogP contribution is 2.17. The number of benzene rings is 1. The maximum atomic E-state index is 9.14. The van der Waals surface area contributed by atoms with Crippen molar-refractivity contribution in [3.05, 3.63) is 36.2 Å². The molecule has 0 saturated heterocycles. The Hall–Kier alpha value is -1.97. The number of hydrogen-bond acceptors (Lipinski definition) is 4. The molecule has 0 aliphatic rings. The molecule has 1 rings (SSSR count). The van der Waals surface area contributed by atoms with Gasteiger partial charge in [-0.25, -0.2) is 0 Å². The fraction of sp³-hybridized carbons (Fsp3) is 0.308. The zero-order valence-electron chi connectivity index (χ0n) is 10.4. The van der Waals surface area contributed by atoms with Gasteiger partial charge in [-0.15, -0.1) is 0 Å². The van der Waals surface area contributed by atoms with Gasteiger partial charge in [0.25, 0.3) is 0 Å². The quantitative estimate of drug-likeness (QED) is 0.478. The molecular weight excluding hydrogens is 214 g/mol. The lowest BCUT2D eigenvalue weighted by Crippen LogP contribution is -2.20. The SMILES string of the molecule is CC(C)(C)C(=N)/C=C(/N)Nc1ccc(O)cc1. The molecule has 5 N–H and O–H groups in total. The highest BCUT2D eigenvalue weighted by atomic mass is 16.3. The molecule has 0 saturated carbocycles. The minimum Gasteiger partial charge on any atom is -0.508 e. The van der Waals surface area contributed by atoms with Gasteiger partial charge in [-0.1, -0.05) is 20.8 Å². The number of nitrogens with two attached hydrogens (primary N) is 1. The van der Waals surface area contributed by atoms with E-state index >= 15 is 0 Å². The third kappa shape index (κ3) is 4.18. The predicted molar refractivity (Wildman–Crippen MR) is 71.2 cm³/mol. The number of allylic oxidation sites excluding steroid dienone is 1. The van der Waals surface area contributed by atoms with Gasteiger partial charge in [0.1, 0.15) is 11.6 Å². The Morgan fingerprint density at radius 1 is 1.29 bits per heavy atom. The summed E-state index contributed by atoms with van der Waals surface area (Å²) in [6, 6.07) is 6.59. The van der Waals surface area contributed by atoms with Crippen LogP contribution in [-0.2, 0) is 0 Å². The number of anilines is 1. The maximum absolute atomic E-state index is 9.14. The zero-order valence-corrected chi connectivity index (χ0v) is 10.4. The standard InChI is InChI=1S/C13H19N3O/c1-13(2,3)11(14)8-12(15)16-9-4-6-10(17)7-5-9/h4-8,14,16-17H,15H2,1-3H3/b12-8-,14-11?. The molecule has 92 valence electrons. The van der Waals surface area contributed by atoms with Crippen LogP contribution in [0.5, 0.6) is 5.75 Å². The molecule has 0 fully saturated rings. The van der Waals surface area contributed by atoms with E-state index in [1.54, 1.807) is 30.3 Å². The second-order valence-corrected chi connectivity index (χ2v) is 4.94. The lowest BCUT2D eigenvalue weighted by molar-refractivity contribution is 0.475. The fourth-order valence-electron chi connectivity index (χ4n) is 1.12. The molecule has 0 aliphatic heterocycles. The summed E-state index contributed by atoms with van der Waals surface area (Å²) in [5, 5.41) is 19.9. The van der Waals surface area contributed by atoms with Crippen LogP contribution in [0.2, 0.25) is 0 Å². The van der Waals surface area contributed by atoms with Crippen molar-refractivity contribution in [2.45, 2.75) is 20.8 Å². The van der Waals surface area contributed by atoms with Crippen LogP contribution in [0.25, 0.3) is 0 Å². The van der Waals surface area contributed by atoms with Crippen molar-refractivity contribution in [1.29, 1.82) is 5.41 Å². The van der Waals surface area contributed by atoms with Gasteiger partial charge in [-0.3, -0.25) is 0 Å². The first-order chi connectivity index (χ1) is 7.79. The molecule has 0 heterocycles. The molecule has 0 aromatic heterocycles. The summed E-state index contributed by atoms with van der Waals surface area (Å²) in [5.41, 5.74) is 6.80. The molecule has 1 aromatic carbocycles. The van der Waals surface area contributed by atoms with Gasteiger partial charge in [0.05, 0.1) is 0 Å². The van der Waals surface area contributed by atoms with E-state index in [0.29, 0.717) is 11.5 Å². The summed E-state index contributed by atoms with van der Waals surface area (Å²) in [5.74, 6) is 0.621. The molecule has 17 heavy (non-hydrogen) atoms. The Bertz CT molecular complexity index is 427. The van der Waals surface area contributed by atoms with Crippen LogP contribution in [0.1, 0.15) is 20.8 Å². The zero-order chi connectivity index (χ0) is 13.1. The van der Waals surface area contributed by atoms with Gasteiger partial charge in [-0.2, -0.15) is 0 Å². The predicted octanol–water partition coefficient (Wildman–Crippen LogP) is 2.67. The lowest BCUT2D eigenvalue weighted by Gasteiger charge is -2.17. The minimum absolute atomic E-state index is 0.209. The van der Waals surface area contributed by atoms with Crippen molar-refractivity contribution in [3.63, 3.8) is 0 Å². The Labute approximate surface area is 102 Å². The van der Waals surface area contributed by atoms with E-state index in [4.69, 9.17) is 16.2 Å². The largest absolute Gasteiger partial charge is 0.508 e. The molecule has 0 bridgehead atoms. The number of phenolic OH excluding ortho intramolecular Hbond substituents is 1. The van der Waals surface area contributed by atoms with Gasteiger partial charge >= 0.3 is 0 Å². The Balaban J connectivity index is 2.72. The summed E-state index contributed by atoms with van der Waals surface area (Å²) in [6.07, 6.45) is 1.60. The average Bonchev–Trinajstić information content (AvgIpc) is 2.20. The van der Waals surface area contributed by atoms with Crippen LogP contribution in [-0.4, -0.2) is 10.8 Å². The lowest BCUT2D eigenvalue weighted by atomic mass is 9.90. The van der Waals surface area contributed by atoms with Crippen LogP contribution < -0.4 is 11.1 Å². The van der Waals surface area contributed by atoms with Crippen molar-refractivity contribution in [1.82, 2.24) is 0 Å². The van der Waals surface area contributed by atoms with E-state index in [1.165, 1.54) is 0 Å². The first-order valence-electron chi connectivity index (χ1n) is 5.41. The normalized spacial score (nSPS) is 12.3. The first kappa shape index (κ1) is 13.1. The fourth-order valence-corrected chi connectivity index (χ4v) is 1.12. The monoisotopic (exact) mass is 233 g/mol. The molecule has 0 atom stereocenters. The number of phenols is 1. The number of rotatable bonds is 3. The van der Waals surface area contributed by atoms with E-state index in [2.05, 4.69) is 5.32 Å². The summed E-state index contributed by atoms with van der Waals surface area (Å²) in [7, 11) is 0. The molecular formula is C13H19N3O. The van der Waals surface area contributed by atoms with Crippen LogP contribution >= 0.6 is 0 Å². The maximum Gasteiger partial charge on any atom is 0.115 e. The van der Waals surface area contributed by atoms with Crippen LogP contribution in [0.4, 0.5) is 5.69 Å². The third-order valence-electron chi connectivity index (χ3n) is 2.26. The third-order valence-corrected chi connectivity index (χ3v) is 2.26. The summed E-state index contributed by atoms with van der Waals surface area (Å²) < 4.78 is 0. The molecule has 0 unspecified atom stereocenters. The molecule has 1 aromatic rings. The highest BCUT2D eigenvalue weighted by Gasteiger charge is 2.15. The number of aromatic hydroxyl groups is 1. The van der Waals surface area contributed by atoms with Crippen LogP contribution in [0.15, 0.2) is 36.2 Å². The molecule has 0 spiro atoms. The van der Waals surface area contributed by atoms with E-state index in [9.17, 15) is 0 Å². The van der Waals surface area contributed by atoms with Crippen molar-refractivity contribution >= 4 is 11.4 Å². The minimum atomic E-state index is -0.221. The van der Waals surface area contributed by atoms with E-state index in [1.807, 2.05) is 20.8 Å². The second kappa shape index (κ2) is 4.91. The van der Waals surface area contributed by atoms with Crippen LogP contribution in [0, 0.1) is 10.8 Å².